The first kappa shape index (κ1) is 13.8. The summed E-state index contributed by atoms with van der Waals surface area (Å²) in [7, 11) is 0. The van der Waals surface area contributed by atoms with Gasteiger partial charge in [-0.05, 0) is 17.7 Å². The van der Waals surface area contributed by atoms with Crippen LogP contribution in [0.5, 0.6) is 0 Å². The van der Waals surface area contributed by atoms with E-state index in [-0.39, 0.29) is 5.78 Å². The summed E-state index contributed by atoms with van der Waals surface area (Å²) in [6, 6.07) is 7.24. The summed E-state index contributed by atoms with van der Waals surface area (Å²) < 4.78 is 0. The number of imide groups is 1. The van der Waals surface area contributed by atoms with Gasteiger partial charge in [0.05, 0.1) is 15.6 Å². The molecule has 2 aromatic rings. The molecule has 7 heteroatoms. The van der Waals surface area contributed by atoms with Crippen LogP contribution in [-0.2, 0) is 4.79 Å². The Labute approximate surface area is 128 Å². The molecule has 0 aliphatic carbocycles. The first-order chi connectivity index (χ1) is 10.0. The van der Waals surface area contributed by atoms with Crippen LogP contribution in [0.25, 0.3) is 0 Å². The van der Waals surface area contributed by atoms with Crippen molar-refractivity contribution in [1.29, 1.82) is 0 Å². The van der Waals surface area contributed by atoms with Crippen molar-refractivity contribution in [1.82, 2.24) is 0 Å². The van der Waals surface area contributed by atoms with Crippen LogP contribution < -0.4 is 10.6 Å². The smallest absolute Gasteiger partial charge is 0.326 e. The van der Waals surface area contributed by atoms with Crippen LogP contribution in [0.15, 0.2) is 35.7 Å². The summed E-state index contributed by atoms with van der Waals surface area (Å²) in [6.07, 6.45) is 0. The predicted octanol–water partition coefficient (Wildman–Crippen LogP) is 2.79. The van der Waals surface area contributed by atoms with E-state index in [9.17, 15) is 14.4 Å². The zero-order chi connectivity index (χ0) is 15.1. The maximum Gasteiger partial charge on any atom is 0.326 e. The third-order valence-electron chi connectivity index (χ3n) is 3.25. The van der Waals surface area contributed by atoms with Gasteiger partial charge in [0.1, 0.15) is 5.92 Å². The summed E-state index contributed by atoms with van der Waals surface area (Å²) in [5, 5.41) is 2.06. The molecular formula is C14H9ClN2O3S. The lowest BCUT2D eigenvalue weighted by molar-refractivity contribution is -0.117. The van der Waals surface area contributed by atoms with Gasteiger partial charge in [0, 0.05) is 5.38 Å². The number of para-hydroxylation sites is 1. The van der Waals surface area contributed by atoms with E-state index in [1.807, 2.05) is 0 Å². The van der Waals surface area contributed by atoms with Gasteiger partial charge in [0.2, 0.25) is 0 Å². The van der Waals surface area contributed by atoms with Crippen molar-refractivity contribution in [3.8, 4) is 0 Å². The standard InChI is InChI=1S/C14H9ClN2O3S/c15-7-5-10(21-6-7)12(18)11-8-3-1-2-4-9(8)17(13(11)19)14(16)20/h1-6,11H,(H2,16,20). The summed E-state index contributed by atoms with van der Waals surface area (Å²) >= 11 is 6.98. The Morgan fingerprint density at radius 1 is 1.29 bits per heavy atom. The van der Waals surface area contributed by atoms with Gasteiger partial charge < -0.3 is 5.73 Å². The Morgan fingerprint density at radius 2 is 2.00 bits per heavy atom. The average Bonchev–Trinajstić information content (AvgIpc) is 2.98. The maximum absolute atomic E-state index is 12.6. The number of hydrogen-bond acceptors (Lipinski definition) is 4. The van der Waals surface area contributed by atoms with Crippen molar-refractivity contribution in [2.24, 2.45) is 5.73 Å². The number of anilines is 1. The molecule has 5 nitrogen and oxygen atoms in total. The number of thiophene rings is 1. The van der Waals surface area contributed by atoms with Crippen LogP contribution in [0.3, 0.4) is 0 Å². The number of amides is 3. The van der Waals surface area contributed by atoms with E-state index in [2.05, 4.69) is 0 Å². The van der Waals surface area contributed by atoms with Gasteiger partial charge in [-0.3, -0.25) is 9.59 Å². The lowest BCUT2D eigenvalue weighted by Crippen LogP contribution is -2.40. The number of fused-ring (bicyclic) bond motifs is 1. The molecule has 2 heterocycles. The number of urea groups is 1. The molecule has 0 spiro atoms. The molecule has 0 fully saturated rings. The van der Waals surface area contributed by atoms with Crippen LogP contribution in [0.1, 0.15) is 21.2 Å². The highest BCUT2D eigenvalue weighted by molar-refractivity contribution is 7.12. The molecule has 0 radical (unpaired) electrons. The number of Topliss-reactive ketones (excluding diaryl/α,β-unsaturated/α-hetero) is 1. The van der Waals surface area contributed by atoms with Gasteiger partial charge in [0.25, 0.3) is 5.91 Å². The van der Waals surface area contributed by atoms with E-state index >= 15 is 0 Å². The van der Waals surface area contributed by atoms with Gasteiger partial charge in [0.15, 0.2) is 5.78 Å². The first-order valence-electron chi connectivity index (χ1n) is 6.01. The Kier molecular flexibility index (Phi) is 3.27. The van der Waals surface area contributed by atoms with Crippen LogP contribution in [0.4, 0.5) is 10.5 Å². The molecule has 1 atom stereocenters. The number of benzene rings is 1. The van der Waals surface area contributed by atoms with E-state index in [1.54, 1.807) is 29.6 Å². The van der Waals surface area contributed by atoms with Crippen molar-refractivity contribution in [2.75, 3.05) is 4.90 Å². The minimum absolute atomic E-state index is 0.357. The third-order valence-corrected chi connectivity index (χ3v) is 4.54. The average molecular weight is 321 g/mol. The molecule has 1 aliphatic rings. The van der Waals surface area contributed by atoms with E-state index < -0.39 is 17.9 Å². The molecular weight excluding hydrogens is 312 g/mol. The molecule has 0 saturated heterocycles. The Balaban J connectivity index is 2.09. The Hall–Kier alpha value is -2.18. The van der Waals surface area contributed by atoms with E-state index in [0.29, 0.717) is 21.2 Å². The minimum Gasteiger partial charge on any atom is -0.351 e. The minimum atomic E-state index is -1.05. The lowest BCUT2D eigenvalue weighted by atomic mass is 9.95. The van der Waals surface area contributed by atoms with Crippen LogP contribution in [-0.4, -0.2) is 17.7 Å². The first-order valence-corrected chi connectivity index (χ1v) is 7.27. The third kappa shape index (κ3) is 2.12. The summed E-state index contributed by atoms with van der Waals surface area (Å²) in [5.41, 5.74) is 6.08. The predicted molar refractivity (Wildman–Crippen MR) is 79.9 cm³/mol. The van der Waals surface area contributed by atoms with E-state index in [1.165, 1.54) is 6.07 Å². The lowest BCUT2D eigenvalue weighted by Gasteiger charge is -2.12. The quantitative estimate of drug-likeness (QED) is 0.682. The Bertz CT molecular complexity index is 771. The summed E-state index contributed by atoms with van der Waals surface area (Å²) in [4.78, 5) is 37.7. The molecule has 0 saturated carbocycles. The monoisotopic (exact) mass is 320 g/mol. The number of rotatable bonds is 2. The molecule has 0 bridgehead atoms. The molecule has 1 aliphatic heterocycles. The van der Waals surface area contributed by atoms with Gasteiger partial charge in [-0.1, -0.05) is 29.8 Å². The highest BCUT2D eigenvalue weighted by Crippen LogP contribution is 2.39. The number of ketones is 1. The molecule has 1 unspecified atom stereocenters. The number of carbonyl (C=O) groups excluding carboxylic acids is 3. The van der Waals surface area contributed by atoms with Crippen molar-refractivity contribution in [3.05, 3.63) is 51.2 Å². The van der Waals surface area contributed by atoms with Crippen LogP contribution >= 0.6 is 22.9 Å². The zero-order valence-corrected chi connectivity index (χ0v) is 12.1. The Morgan fingerprint density at radius 3 is 2.62 bits per heavy atom. The number of hydrogen-bond donors (Lipinski definition) is 1. The number of nitrogens with zero attached hydrogens (tertiary/aromatic N) is 1. The van der Waals surface area contributed by atoms with Crippen molar-refractivity contribution >= 4 is 46.3 Å². The fourth-order valence-electron chi connectivity index (χ4n) is 2.38. The van der Waals surface area contributed by atoms with Gasteiger partial charge in [-0.25, -0.2) is 9.69 Å². The van der Waals surface area contributed by atoms with Gasteiger partial charge in [-0.15, -0.1) is 11.3 Å². The number of halogens is 1. The molecule has 3 rings (SSSR count). The van der Waals surface area contributed by atoms with Gasteiger partial charge in [-0.2, -0.15) is 0 Å². The highest BCUT2D eigenvalue weighted by atomic mass is 35.5. The molecule has 2 N–H and O–H groups in total. The van der Waals surface area contributed by atoms with Crippen LogP contribution in [0, 0.1) is 0 Å². The molecule has 1 aromatic heterocycles. The number of carbonyl (C=O) groups is 3. The number of primary amides is 1. The summed E-state index contributed by atoms with van der Waals surface area (Å²) in [5.74, 6) is -2.06. The molecule has 3 amide bonds. The van der Waals surface area contributed by atoms with Crippen molar-refractivity contribution in [2.45, 2.75) is 5.92 Å². The highest BCUT2D eigenvalue weighted by Gasteiger charge is 2.44. The van der Waals surface area contributed by atoms with Crippen molar-refractivity contribution < 1.29 is 14.4 Å². The molecule has 21 heavy (non-hydrogen) atoms. The topological polar surface area (TPSA) is 80.5 Å². The molecule has 1 aromatic carbocycles. The largest absolute Gasteiger partial charge is 0.351 e. The van der Waals surface area contributed by atoms with Gasteiger partial charge >= 0.3 is 6.03 Å². The second-order valence-electron chi connectivity index (χ2n) is 4.50. The second kappa shape index (κ2) is 4.98. The van der Waals surface area contributed by atoms with Crippen LogP contribution in [0.2, 0.25) is 5.02 Å². The fraction of sp³-hybridized carbons (Fsp3) is 0.0714. The zero-order valence-electron chi connectivity index (χ0n) is 10.6. The number of nitrogens with two attached hydrogens (primary N) is 1. The van der Waals surface area contributed by atoms with E-state index in [4.69, 9.17) is 17.3 Å². The normalized spacial score (nSPS) is 16.9. The summed E-state index contributed by atoms with van der Waals surface area (Å²) in [6.45, 7) is 0. The van der Waals surface area contributed by atoms with Crippen molar-refractivity contribution in [3.63, 3.8) is 0 Å². The molecule has 106 valence electrons. The second-order valence-corrected chi connectivity index (χ2v) is 5.84. The fourth-order valence-corrected chi connectivity index (χ4v) is 3.43. The van der Waals surface area contributed by atoms with E-state index in [0.717, 1.165) is 16.2 Å². The maximum atomic E-state index is 12.6. The SMILES string of the molecule is NC(=O)N1C(=O)C(C(=O)c2cc(Cl)cs2)c2ccccc21.